The molecule has 0 atom stereocenters. The van der Waals surface area contributed by atoms with Crippen LogP contribution in [0.4, 0.5) is 17.1 Å². The fourth-order valence-electron chi connectivity index (χ4n) is 6.33. The molecule has 210 valence electrons. The number of anilines is 3. The van der Waals surface area contributed by atoms with Crippen molar-refractivity contribution in [2.75, 3.05) is 4.90 Å². The maximum atomic E-state index is 2.36. The highest BCUT2D eigenvalue weighted by atomic mass is 15.1. The average Bonchev–Trinajstić information content (AvgIpc) is 3.53. The molecule has 0 amide bonds. The molecule has 0 aliphatic heterocycles. The molecule has 1 aliphatic rings. The van der Waals surface area contributed by atoms with Crippen molar-refractivity contribution >= 4 is 44.3 Å². The standard InChI is InChI=1S/C42H32N2/c1-3-9-31(10-4-1)33-17-21-39(22-18-33)44(41-25-26-42-37(30-41)27-28-43(42)38-13-5-2-6-14-38)40-23-19-34(20-24-40)36-16-15-32-11-7-8-12-35(32)29-36/h2-3,5-30H,1,4H2. The first-order valence-electron chi connectivity index (χ1n) is 15.3. The summed E-state index contributed by atoms with van der Waals surface area (Å²) in [5.74, 6) is 0. The van der Waals surface area contributed by atoms with E-state index in [1.165, 1.54) is 43.9 Å². The van der Waals surface area contributed by atoms with Crippen LogP contribution in [0.2, 0.25) is 0 Å². The Morgan fingerprint density at radius 1 is 0.477 bits per heavy atom. The molecule has 0 bridgehead atoms. The summed E-state index contributed by atoms with van der Waals surface area (Å²) < 4.78 is 2.25. The van der Waals surface area contributed by atoms with Crippen molar-refractivity contribution in [3.63, 3.8) is 0 Å². The van der Waals surface area contributed by atoms with Gasteiger partial charge in [0, 0.05) is 34.3 Å². The Balaban J connectivity index is 1.20. The van der Waals surface area contributed by atoms with Crippen LogP contribution in [0.3, 0.4) is 0 Å². The summed E-state index contributed by atoms with van der Waals surface area (Å²) in [6, 6.07) is 52.7. The van der Waals surface area contributed by atoms with Gasteiger partial charge in [0.25, 0.3) is 0 Å². The summed E-state index contributed by atoms with van der Waals surface area (Å²) in [5, 5.41) is 3.73. The van der Waals surface area contributed by atoms with Crippen LogP contribution in [0.5, 0.6) is 0 Å². The molecule has 0 fully saturated rings. The maximum Gasteiger partial charge on any atom is 0.0529 e. The normalized spacial score (nSPS) is 12.9. The molecule has 2 heteroatoms. The van der Waals surface area contributed by atoms with Gasteiger partial charge in [0.2, 0.25) is 0 Å². The monoisotopic (exact) mass is 564 g/mol. The van der Waals surface area contributed by atoms with Gasteiger partial charge in [0.15, 0.2) is 0 Å². The summed E-state index contributed by atoms with van der Waals surface area (Å²) in [7, 11) is 0. The largest absolute Gasteiger partial charge is 0.317 e. The predicted octanol–water partition coefficient (Wildman–Crippen LogP) is 11.7. The van der Waals surface area contributed by atoms with Gasteiger partial charge in [-0.2, -0.15) is 0 Å². The third kappa shape index (κ3) is 4.91. The predicted molar refractivity (Wildman–Crippen MR) is 187 cm³/mol. The van der Waals surface area contributed by atoms with Crippen LogP contribution in [-0.2, 0) is 0 Å². The molecule has 0 saturated heterocycles. The summed E-state index contributed by atoms with van der Waals surface area (Å²) in [6.07, 6.45) is 11.2. The number of nitrogens with zero attached hydrogens (tertiary/aromatic N) is 2. The molecule has 6 aromatic carbocycles. The van der Waals surface area contributed by atoms with Gasteiger partial charge in [0.05, 0.1) is 5.52 Å². The van der Waals surface area contributed by atoms with E-state index in [9.17, 15) is 0 Å². The second-order valence-electron chi connectivity index (χ2n) is 11.4. The number of hydrogen-bond acceptors (Lipinski definition) is 1. The fourth-order valence-corrected chi connectivity index (χ4v) is 6.33. The van der Waals surface area contributed by atoms with Gasteiger partial charge in [-0.25, -0.2) is 0 Å². The van der Waals surface area contributed by atoms with E-state index in [-0.39, 0.29) is 0 Å². The molecule has 0 saturated carbocycles. The van der Waals surface area contributed by atoms with Crippen molar-refractivity contribution in [1.82, 2.24) is 4.57 Å². The van der Waals surface area contributed by atoms with E-state index in [4.69, 9.17) is 0 Å². The second kappa shape index (κ2) is 11.2. The van der Waals surface area contributed by atoms with Crippen molar-refractivity contribution in [2.24, 2.45) is 0 Å². The van der Waals surface area contributed by atoms with Gasteiger partial charge in [-0.15, -0.1) is 0 Å². The number of hydrogen-bond donors (Lipinski definition) is 0. The van der Waals surface area contributed by atoms with Crippen LogP contribution in [-0.4, -0.2) is 4.57 Å². The molecule has 0 N–H and O–H groups in total. The van der Waals surface area contributed by atoms with Crippen LogP contribution in [0, 0.1) is 0 Å². The zero-order valence-corrected chi connectivity index (χ0v) is 24.5. The number of fused-ring (bicyclic) bond motifs is 2. The topological polar surface area (TPSA) is 8.17 Å². The smallest absolute Gasteiger partial charge is 0.0529 e. The Hall–Kier alpha value is -5.60. The Morgan fingerprint density at radius 3 is 1.91 bits per heavy atom. The lowest BCUT2D eigenvalue weighted by Gasteiger charge is -2.26. The molecule has 1 aromatic heterocycles. The molecule has 44 heavy (non-hydrogen) atoms. The molecule has 0 unspecified atom stereocenters. The van der Waals surface area contributed by atoms with Gasteiger partial charge in [-0.05, 0) is 113 Å². The van der Waals surface area contributed by atoms with Crippen LogP contribution in [0.1, 0.15) is 18.4 Å². The zero-order valence-electron chi connectivity index (χ0n) is 24.5. The van der Waals surface area contributed by atoms with Gasteiger partial charge in [-0.3, -0.25) is 0 Å². The number of rotatable bonds is 6. The summed E-state index contributed by atoms with van der Waals surface area (Å²) >= 11 is 0. The van der Waals surface area contributed by atoms with E-state index >= 15 is 0 Å². The molecule has 7 aromatic rings. The summed E-state index contributed by atoms with van der Waals surface area (Å²) in [5.41, 5.74) is 10.7. The highest BCUT2D eigenvalue weighted by Gasteiger charge is 2.15. The van der Waals surface area contributed by atoms with Gasteiger partial charge < -0.3 is 9.47 Å². The molecule has 1 aliphatic carbocycles. The third-order valence-corrected chi connectivity index (χ3v) is 8.63. The second-order valence-corrected chi connectivity index (χ2v) is 11.4. The Morgan fingerprint density at radius 2 is 1.16 bits per heavy atom. The molecular formula is C42H32N2. The number of benzene rings is 6. The van der Waals surface area contributed by atoms with E-state index in [1.807, 2.05) is 0 Å². The molecule has 1 heterocycles. The van der Waals surface area contributed by atoms with E-state index in [1.54, 1.807) is 0 Å². The number of allylic oxidation sites excluding steroid dienone is 4. The first-order chi connectivity index (χ1) is 21.8. The van der Waals surface area contributed by atoms with Crippen molar-refractivity contribution in [2.45, 2.75) is 12.8 Å². The lowest BCUT2D eigenvalue weighted by molar-refractivity contribution is 1.04. The van der Waals surface area contributed by atoms with Crippen molar-refractivity contribution < 1.29 is 0 Å². The Kier molecular flexibility index (Phi) is 6.66. The lowest BCUT2D eigenvalue weighted by Crippen LogP contribution is -2.10. The Bertz CT molecular complexity index is 2150. The van der Waals surface area contributed by atoms with E-state index in [2.05, 4.69) is 179 Å². The number of para-hydroxylation sites is 1. The van der Waals surface area contributed by atoms with Crippen molar-refractivity contribution in [3.05, 3.63) is 176 Å². The first-order valence-corrected chi connectivity index (χ1v) is 15.3. The van der Waals surface area contributed by atoms with Crippen molar-refractivity contribution in [3.8, 4) is 16.8 Å². The molecule has 0 radical (unpaired) electrons. The van der Waals surface area contributed by atoms with Crippen LogP contribution >= 0.6 is 0 Å². The minimum atomic E-state index is 1.10. The number of aromatic nitrogens is 1. The molecule has 8 rings (SSSR count). The Labute approximate surface area is 258 Å². The molecular weight excluding hydrogens is 532 g/mol. The highest BCUT2D eigenvalue weighted by molar-refractivity contribution is 5.90. The highest BCUT2D eigenvalue weighted by Crippen LogP contribution is 2.38. The van der Waals surface area contributed by atoms with Crippen LogP contribution in [0.25, 0.3) is 44.1 Å². The SMILES string of the molecule is C1=CC(c2ccc(N(c3ccc(-c4ccc5ccccc5c4)cc3)c3ccc4c(ccn4-c4ccccc4)c3)cc2)=CCC1. The van der Waals surface area contributed by atoms with Crippen molar-refractivity contribution in [1.29, 1.82) is 0 Å². The fraction of sp³-hybridized carbons (Fsp3) is 0.0476. The summed E-state index contributed by atoms with van der Waals surface area (Å²) in [4.78, 5) is 2.36. The summed E-state index contributed by atoms with van der Waals surface area (Å²) in [6.45, 7) is 0. The average molecular weight is 565 g/mol. The minimum Gasteiger partial charge on any atom is -0.317 e. The van der Waals surface area contributed by atoms with E-state index in [0.29, 0.717) is 0 Å². The zero-order chi connectivity index (χ0) is 29.3. The first kappa shape index (κ1) is 26.1. The van der Waals surface area contributed by atoms with Crippen LogP contribution < -0.4 is 4.90 Å². The molecule has 0 spiro atoms. The van der Waals surface area contributed by atoms with E-state index < -0.39 is 0 Å². The molecule has 2 nitrogen and oxygen atoms in total. The van der Waals surface area contributed by atoms with Gasteiger partial charge in [0.1, 0.15) is 0 Å². The quantitative estimate of drug-likeness (QED) is 0.195. The lowest BCUT2D eigenvalue weighted by atomic mass is 9.99. The van der Waals surface area contributed by atoms with Gasteiger partial charge >= 0.3 is 0 Å². The van der Waals surface area contributed by atoms with Crippen LogP contribution in [0.15, 0.2) is 170 Å². The van der Waals surface area contributed by atoms with E-state index in [0.717, 1.165) is 35.6 Å². The minimum absolute atomic E-state index is 1.10. The maximum absolute atomic E-state index is 2.36. The third-order valence-electron chi connectivity index (χ3n) is 8.63. The van der Waals surface area contributed by atoms with Gasteiger partial charge in [-0.1, -0.05) is 97.1 Å².